The van der Waals surface area contributed by atoms with Gasteiger partial charge in [-0.25, -0.2) is 5.43 Å². The number of carbonyl (C=O) groups excluding carboxylic acids is 2. The Morgan fingerprint density at radius 2 is 1.96 bits per heavy atom. The minimum absolute atomic E-state index is 0.00937. The van der Waals surface area contributed by atoms with Crippen LogP contribution in [0.15, 0.2) is 46.0 Å². The largest absolute Gasteiger partial charge is 0.507 e. The maximum Gasteiger partial charge on any atom is 0.240 e. The molecular weight excluding hydrogens is 422 g/mol. The molecule has 0 heterocycles. The second-order valence-electron chi connectivity index (χ2n) is 5.46. The number of halogens is 2. The van der Waals surface area contributed by atoms with Gasteiger partial charge < -0.3 is 10.4 Å². The number of hydrogen-bond donors (Lipinski definition) is 3. The normalized spacial score (nSPS) is 10.7. The lowest BCUT2D eigenvalue weighted by Gasteiger charge is -2.09. The first-order valence-corrected chi connectivity index (χ1v) is 8.89. The summed E-state index contributed by atoms with van der Waals surface area (Å²) in [6.07, 6.45) is 1.32. The van der Waals surface area contributed by atoms with Gasteiger partial charge in [-0.3, -0.25) is 9.59 Å². The smallest absolute Gasteiger partial charge is 0.240 e. The minimum Gasteiger partial charge on any atom is -0.507 e. The van der Waals surface area contributed by atoms with Gasteiger partial charge in [0.25, 0.3) is 0 Å². The van der Waals surface area contributed by atoms with Crippen LogP contribution in [-0.2, 0) is 9.59 Å². The van der Waals surface area contributed by atoms with Gasteiger partial charge in [-0.15, -0.1) is 0 Å². The molecule has 0 saturated carbocycles. The van der Waals surface area contributed by atoms with E-state index in [0.29, 0.717) is 16.3 Å². The summed E-state index contributed by atoms with van der Waals surface area (Å²) in [6, 6.07) is 10.1. The van der Waals surface area contributed by atoms with Crippen LogP contribution in [0.5, 0.6) is 5.75 Å². The third-order valence-corrected chi connectivity index (χ3v) is 4.41. The molecule has 0 atom stereocenters. The van der Waals surface area contributed by atoms with E-state index in [0.717, 1.165) is 10.0 Å². The molecule has 0 radical (unpaired) electrons. The third-order valence-electron chi connectivity index (χ3n) is 3.50. The van der Waals surface area contributed by atoms with Gasteiger partial charge in [0, 0.05) is 33.6 Å². The Hall–Kier alpha value is -2.38. The van der Waals surface area contributed by atoms with Gasteiger partial charge in [-0.05, 0) is 42.8 Å². The first-order chi connectivity index (χ1) is 12.4. The van der Waals surface area contributed by atoms with E-state index in [1.165, 1.54) is 12.3 Å². The van der Waals surface area contributed by atoms with Crippen molar-refractivity contribution in [1.82, 2.24) is 5.43 Å². The highest BCUT2D eigenvalue weighted by molar-refractivity contribution is 9.10. The number of benzene rings is 2. The zero-order valence-electron chi connectivity index (χ0n) is 13.9. The van der Waals surface area contributed by atoms with Gasteiger partial charge in [0.15, 0.2) is 0 Å². The number of aromatic hydroxyl groups is 1. The molecule has 6 nitrogen and oxygen atoms in total. The summed E-state index contributed by atoms with van der Waals surface area (Å²) in [5, 5.41) is 16.7. The number of hydrogen-bond acceptors (Lipinski definition) is 4. The SMILES string of the molecule is Cc1c(Cl)cccc1NC(=O)CCC(=O)N/N=C/c1cc(Br)ccc1O. The Morgan fingerprint density at radius 1 is 1.23 bits per heavy atom. The average molecular weight is 439 g/mol. The highest BCUT2D eigenvalue weighted by Crippen LogP contribution is 2.23. The van der Waals surface area contributed by atoms with Crippen molar-refractivity contribution in [1.29, 1.82) is 0 Å². The van der Waals surface area contributed by atoms with Crippen molar-refractivity contribution < 1.29 is 14.7 Å². The van der Waals surface area contributed by atoms with Crippen LogP contribution in [0.1, 0.15) is 24.0 Å². The van der Waals surface area contributed by atoms with Crippen LogP contribution in [0.25, 0.3) is 0 Å². The molecule has 0 unspecified atom stereocenters. The fraction of sp³-hybridized carbons (Fsp3) is 0.167. The second kappa shape index (κ2) is 9.35. The third kappa shape index (κ3) is 5.86. The molecule has 136 valence electrons. The van der Waals surface area contributed by atoms with Crippen molar-refractivity contribution in [2.24, 2.45) is 5.10 Å². The number of nitrogens with zero attached hydrogens (tertiary/aromatic N) is 1. The van der Waals surface area contributed by atoms with Gasteiger partial charge in [0.1, 0.15) is 5.75 Å². The minimum atomic E-state index is -0.409. The number of rotatable bonds is 6. The molecule has 0 aliphatic rings. The van der Waals surface area contributed by atoms with E-state index in [1.807, 2.05) is 0 Å². The molecule has 2 aromatic rings. The van der Waals surface area contributed by atoms with E-state index in [4.69, 9.17) is 11.6 Å². The molecule has 0 aromatic heterocycles. The van der Waals surface area contributed by atoms with Crippen LogP contribution < -0.4 is 10.7 Å². The van der Waals surface area contributed by atoms with E-state index in [2.05, 4.69) is 31.8 Å². The Morgan fingerprint density at radius 3 is 2.73 bits per heavy atom. The van der Waals surface area contributed by atoms with Crippen molar-refractivity contribution in [3.63, 3.8) is 0 Å². The van der Waals surface area contributed by atoms with Crippen LogP contribution in [0.3, 0.4) is 0 Å². The Bertz CT molecular complexity index is 856. The van der Waals surface area contributed by atoms with Crippen molar-refractivity contribution in [2.75, 3.05) is 5.32 Å². The monoisotopic (exact) mass is 437 g/mol. The van der Waals surface area contributed by atoms with Gasteiger partial charge >= 0.3 is 0 Å². The zero-order chi connectivity index (χ0) is 19.1. The summed E-state index contributed by atoms with van der Waals surface area (Å²) >= 11 is 9.28. The summed E-state index contributed by atoms with van der Waals surface area (Å²) in [4.78, 5) is 23.7. The predicted octanol–water partition coefficient (Wildman–Crippen LogP) is 3.99. The summed E-state index contributed by atoms with van der Waals surface area (Å²) < 4.78 is 0.774. The second-order valence-corrected chi connectivity index (χ2v) is 6.78. The molecule has 3 N–H and O–H groups in total. The Labute approximate surface area is 164 Å². The van der Waals surface area contributed by atoms with Gasteiger partial charge in [0.05, 0.1) is 6.21 Å². The van der Waals surface area contributed by atoms with E-state index in [1.54, 1.807) is 37.3 Å². The standard InChI is InChI=1S/C18H17BrClN3O3/c1-11-14(20)3-2-4-15(11)22-17(25)7-8-18(26)23-21-10-12-9-13(19)5-6-16(12)24/h2-6,9-10,24H,7-8H2,1H3,(H,22,25)(H,23,26)/b21-10+. The van der Waals surface area contributed by atoms with Gasteiger partial charge in [-0.2, -0.15) is 5.10 Å². The lowest BCUT2D eigenvalue weighted by molar-refractivity contribution is -0.124. The molecular formula is C18H17BrClN3O3. The van der Waals surface area contributed by atoms with Crippen molar-refractivity contribution >= 4 is 51.2 Å². The molecule has 0 aliphatic heterocycles. The van der Waals surface area contributed by atoms with E-state index in [-0.39, 0.29) is 24.5 Å². The molecule has 0 spiro atoms. The van der Waals surface area contributed by atoms with Gasteiger partial charge in [-0.1, -0.05) is 33.6 Å². The van der Waals surface area contributed by atoms with Gasteiger partial charge in [0.2, 0.25) is 11.8 Å². The quantitative estimate of drug-likeness (QED) is 0.470. The predicted molar refractivity (Wildman–Crippen MR) is 106 cm³/mol. The van der Waals surface area contributed by atoms with E-state index >= 15 is 0 Å². The zero-order valence-corrected chi connectivity index (χ0v) is 16.3. The number of phenols is 1. The van der Waals surface area contributed by atoms with Crippen molar-refractivity contribution in [3.8, 4) is 5.75 Å². The maximum atomic E-state index is 11.9. The summed E-state index contributed by atoms with van der Waals surface area (Å²) in [6.45, 7) is 1.80. The first-order valence-electron chi connectivity index (χ1n) is 7.72. The topological polar surface area (TPSA) is 90.8 Å². The maximum absolute atomic E-state index is 11.9. The first kappa shape index (κ1) is 19.9. The van der Waals surface area contributed by atoms with E-state index < -0.39 is 5.91 Å². The molecule has 0 aliphatic carbocycles. The lowest BCUT2D eigenvalue weighted by atomic mass is 10.2. The number of anilines is 1. The highest BCUT2D eigenvalue weighted by Gasteiger charge is 2.09. The molecule has 0 saturated heterocycles. The average Bonchev–Trinajstić information content (AvgIpc) is 2.60. The fourth-order valence-electron chi connectivity index (χ4n) is 2.04. The molecule has 2 rings (SSSR count). The molecule has 8 heteroatoms. The van der Waals surface area contributed by atoms with Crippen LogP contribution in [0, 0.1) is 6.92 Å². The summed E-state index contributed by atoms with van der Waals surface area (Å²) in [5.41, 5.74) is 4.16. The molecule has 0 bridgehead atoms. The van der Waals surface area contributed by atoms with E-state index in [9.17, 15) is 14.7 Å². The van der Waals surface area contributed by atoms with Crippen LogP contribution in [0.2, 0.25) is 5.02 Å². The summed E-state index contributed by atoms with van der Waals surface area (Å²) in [7, 11) is 0. The molecule has 2 amide bonds. The fourth-order valence-corrected chi connectivity index (χ4v) is 2.59. The molecule has 0 fully saturated rings. The molecule has 26 heavy (non-hydrogen) atoms. The number of amides is 2. The summed E-state index contributed by atoms with van der Waals surface area (Å²) in [5.74, 6) is -0.657. The molecule has 2 aromatic carbocycles. The van der Waals surface area contributed by atoms with Crippen LogP contribution >= 0.6 is 27.5 Å². The number of phenolic OH excluding ortho intramolecular Hbond substituents is 1. The van der Waals surface area contributed by atoms with Crippen molar-refractivity contribution in [3.05, 3.63) is 57.0 Å². The Kier molecular flexibility index (Phi) is 7.17. The number of carbonyl (C=O) groups is 2. The Balaban J connectivity index is 1.81. The highest BCUT2D eigenvalue weighted by atomic mass is 79.9. The van der Waals surface area contributed by atoms with Crippen LogP contribution in [-0.4, -0.2) is 23.1 Å². The van der Waals surface area contributed by atoms with Crippen LogP contribution in [0.4, 0.5) is 5.69 Å². The number of hydrazone groups is 1. The number of nitrogens with one attached hydrogen (secondary N) is 2. The lowest BCUT2D eigenvalue weighted by Crippen LogP contribution is -2.20. The van der Waals surface area contributed by atoms with Crippen molar-refractivity contribution in [2.45, 2.75) is 19.8 Å².